The van der Waals surface area contributed by atoms with Crippen LogP contribution < -0.4 is 10.3 Å². The smallest absolute Gasteiger partial charge is 0.268 e. The Hall–Kier alpha value is -2.75. The van der Waals surface area contributed by atoms with Crippen LogP contribution in [0, 0.1) is 0 Å². The van der Waals surface area contributed by atoms with Crippen molar-refractivity contribution in [3.05, 3.63) is 70.5 Å². The summed E-state index contributed by atoms with van der Waals surface area (Å²) in [4.78, 5) is 12.3. The topological polar surface area (TPSA) is 47.0 Å². The number of nitrogens with one attached hydrogen (secondary N) is 1. The van der Waals surface area contributed by atoms with Gasteiger partial charge in [0.15, 0.2) is 0 Å². The molecule has 0 aliphatic heterocycles. The number of methoxy groups -OCH3 is 1. The van der Waals surface area contributed by atoms with Gasteiger partial charge in [-0.1, -0.05) is 37.3 Å². The first-order valence-electron chi connectivity index (χ1n) is 7.28. The molecule has 0 amide bonds. The van der Waals surface area contributed by atoms with Gasteiger partial charge in [-0.05, 0) is 30.7 Å². The van der Waals surface area contributed by atoms with Crippen LogP contribution in [0.2, 0.25) is 0 Å². The minimum absolute atomic E-state index is 0.0443. The molecule has 4 nitrogen and oxygen atoms in total. The first-order valence-corrected chi connectivity index (χ1v) is 7.28. The number of benzene rings is 2. The molecule has 1 aromatic heterocycles. The van der Waals surface area contributed by atoms with E-state index in [2.05, 4.69) is 5.10 Å². The zero-order chi connectivity index (χ0) is 15.5. The van der Waals surface area contributed by atoms with Crippen molar-refractivity contribution in [2.24, 2.45) is 0 Å². The SMILES string of the molecule is CCc1c(-c2ccccc2)n(-c2ccc(OC)cc2)[nH]c1=O. The Kier molecular flexibility index (Phi) is 3.83. The van der Waals surface area contributed by atoms with Crippen molar-refractivity contribution in [2.45, 2.75) is 13.3 Å². The molecule has 0 unspecified atom stereocenters. The molecule has 0 fully saturated rings. The highest BCUT2D eigenvalue weighted by Gasteiger charge is 2.16. The third-order valence-electron chi connectivity index (χ3n) is 3.73. The van der Waals surface area contributed by atoms with Gasteiger partial charge in [0.2, 0.25) is 0 Å². The van der Waals surface area contributed by atoms with E-state index in [9.17, 15) is 4.79 Å². The molecule has 0 spiro atoms. The fraction of sp³-hybridized carbons (Fsp3) is 0.167. The lowest BCUT2D eigenvalue weighted by Crippen LogP contribution is -2.06. The first kappa shape index (κ1) is 14.2. The van der Waals surface area contributed by atoms with Gasteiger partial charge in [0, 0.05) is 11.1 Å². The van der Waals surface area contributed by atoms with Gasteiger partial charge in [-0.25, -0.2) is 0 Å². The zero-order valence-corrected chi connectivity index (χ0v) is 12.7. The predicted molar refractivity (Wildman–Crippen MR) is 87.8 cm³/mol. The minimum atomic E-state index is -0.0443. The van der Waals surface area contributed by atoms with Crippen LogP contribution >= 0.6 is 0 Å². The van der Waals surface area contributed by atoms with E-state index in [1.54, 1.807) is 7.11 Å². The lowest BCUT2D eigenvalue weighted by molar-refractivity contribution is 0.414. The third-order valence-corrected chi connectivity index (χ3v) is 3.73. The van der Waals surface area contributed by atoms with E-state index < -0.39 is 0 Å². The van der Waals surface area contributed by atoms with Crippen molar-refractivity contribution in [1.29, 1.82) is 0 Å². The summed E-state index contributed by atoms with van der Waals surface area (Å²) >= 11 is 0. The maximum absolute atomic E-state index is 12.3. The second-order valence-electron chi connectivity index (χ2n) is 5.02. The van der Waals surface area contributed by atoms with Crippen LogP contribution in [-0.4, -0.2) is 16.9 Å². The van der Waals surface area contributed by atoms with Gasteiger partial charge < -0.3 is 4.74 Å². The van der Waals surface area contributed by atoms with Gasteiger partial charge in [-0.3, -0.25) is 14.6 Å². The average molecular weight is 294 g/mol. The summed E-state index contributed by atoms with van der Waals surface area (Å²) in [6.45, 7) is 2.00. The Morgan fingerprint density at radius 3 is 2.32 bits per heavy atom. The van der Waals surface area contributed by atoms with Crippen LogP contribution in [0.1, 0.15) is 12.5 Å². The van der Waals surface area contributed by atoms with Crippen LogP contribution in [0.4, 0.5) is 0 Å². The number of hydrogen-bond donors (Lipinski definition) is 1. The molecule has 0 bridgehead atoms. The third kappa shape index (κ3) is 2.44. The van der Waals surface area contributed by atoms with E-state index in [1.807, 2.05) is 66.2 Å². The van der Waals surface area contributed by atoms with E-state index in [-0.39, 0.29) is 5.56 Å². The molecular weight excluding hydrogens is 276 g/mol. The van der Waals surface area contributed by atoms with Gasteiger partial charge in [-0.15, -0.1) is 0 Å². The summed E-state index contributed by atoms with van der Waals surface area (Å²) in [5.41, 5.74) is 3.59. The highest BCUT2D eigenvalue weighted by atomic mass is 16.5. The molecule has 22 heavy (non-hydrogen) atoms. The van der Waals surface area contributed by atoms with Crippen LogP contribution in [0.5, 0.6) is 5.75 Å². The van der Waals surface area contributed by atoms with Crippen molar-refractivity contribution >= 4 is 0 Å². The Morgan fingerprint density at radius 2 is 1.73 bits per heavy atom. The minimum Gasteiger partial charge on any atom is -0.497 e. The summed E-state index contributed by atoms with van der Waals surface area (Å²) < 4.78 is 7.03. The largest absolute Gasteiger partial charge is 0.497 e. The maximum atomic E-state index is 12.3. The van der Waals surface area contributed by atoms with E-state index in [0.29, 0.717) is 6.42 Å². The van der Waals surface area contributed by atoms with Crippen LogP contribution in [-0.2, 0) is 6.42 Å². The summed E-state index contributed by atoms with van der Waals surface area (Å²) in [5.74, 6) is 0.787. The Morgan fingerprint density at radius 1 is 1.05 bits per heavy atom. The van der Waals surface area contributed by atoms with Crippen LogP contribution in [0.3, 0.4) is 0 Å². The summed E-state index contributed by atoms with van der Waals surface area (Å²) in [6, 6.07) is 17.6. The quantitative estimate of drug-likeness (QED) is 0.801. The fourth-order valence-corrected chi connectivity index (χ4v) is 2.62. The molecule has 0 radical (unpaired) electrons. The number of hydrogen-bond acceptors (Lipinski definition) is 2. The number of rotatable bonds is 4. The van der Waals surface area contributed by atoms with Crippen LogP contribution in [0.25, 0.3) is 16.9 Å². The summed E-state index contributed by atoms with van der Waals surface area (Å²) in [6.07, 6.45) is 0.683. The molecule has 0 saturated carbocycles. The Bertz CT molecular complexity index is 815. The second-order valence-corrected chi connectivity index (χ2v) is 5.02. The van der Waals surface area contributed by atoms with Crippen molar-refractivity contribution in [2.75, 3.05) is 7.11 Å². The molecule has 0 aliphatic carbocycles. The maximum Gasteiger partial charge on any atom is 0.268 e. The first-order chi connectivity index (χ1) is 10.7. The van der Waals surface area contributed by atoms with Crippen molar-refractivity contribution in [1.82, 2.24) is 9.78 Å². The van der Waals surface area contributed by atoms with Gasteiger partial charge in [0.1, 0.15) is 5.75 Å². The summed E-state index contributed by atoms with van der Waals surface area (Å²) in [7, 11) is 1.64. The highest BCUT2D eigenvalue weighted by Crippen LogP contribution is 2.25. The molecule has 1 heterocycles. The van der Waals surface area contributed by atoms with Gasteiger partial charge in [-0.2, -0.15) is 0 Å². The van der Waals surface area contributed by atoms with E-state index in [1.165, 1.54) is 0 Å². The molecule has 0 saturated heterocycles. The molecule has 0 aliphatic rings. The Balaban J connectivity index is 2.21. The van der Waals surface area contributed by atoms with Crippen molar-refractivity contribution in [3.63, 3.8) is 0 Å². The van der Waals surface area contributed by atoms with Gasteiger partial charge >= 0.3 is 0 Å². The molecule has 0 atom stereocenters. The number of H-pyrrole nitrogens is 1. The van der Waals surface area contributed by atoms with E-state index >= 15 is 0 Å². The second kappa shape index (κ2) is 5.93. The number of nitrogens with zero attached hydrogens (tertiary/aromatic N) is 1. The molecule has 3 aromatic rings. The van der Waals surface area contributed by atoms with E-state index in [0.717, 1.165) is 28.3 Å². The predicted octanol–water partition coefficient (Wildman–Crippen LogP) is 3.40. The lowest BCUT2D eigenvalue weighted by Gasteiger charge is -2.10. The van der Waals surface area contributed by atoms with Gasteiger partial charge in [0.05, 0.1) is 18.5 Å². The zero-order valence-electron chi connectivity index (χ0n) is 12.7. The van der Waals surface area contributed by atoms with Crippen molar-refractivity contribution < 1.29 is 4.74 Å². The lowest BCUT2D eigenvalue weighted by atomic mass is 10.1. The van der Waals surface area contributed by atoms with Crippen LogP contribution in [0.15, 0.2) is 59.4 Å². The molecule has 112 valence electrons. The molecule has 1 N–H and O–H groups in total. The normalized spacial score (nSPS) is 10.6. The highest BCUT2D eigenvalue weighted by molar-refractivity contribution is 5.65. The average Bonchev–Trinajstić information content (AvgIpc) is 2.92. The van der Waals surface area contributed by atoms with Crippen molar-refractivity contribution in [3.8, 4) is 22.7 Å². The molecule has 2 aromatic carbocycles. The molecule has 3 rings (SSSR count). The van der Waals surface area contributed by atoms with Gasteiger partial charge in [0.25, 0.3) is 5.56 Å². The molecule has 4 heteroatoms. The molecular formula is C18H18N2O2. The fourth-order valence-electron chi connectivity index (χ4n) is 2.62. The Labute approximate surface area is 129 Å². The number of ether oxygens (including phenoxy) is 1. The standard InChI is InChI=1S/C18H18N2O2/c1-3-16-17(13-7-5-4-6-8-13)20(19-18(16)21)14-9-11-15(22-2)12-10-14/h4-12H,3H2,1-2H3,(H,19,21). The monoisotopic (exact) mass is 294 g/mol. The number of aromatic nitrogens is 2. The van der Waals surface area contributed by atoms with E-state index in [4.69, 9.17) is 4.74 Å². The number of aromatic amines is 1. The summed E-state index contributed by atoms with van der Waals surface area (Å²) in [5, 5.41) is 2.94.